The van der Waals surface area contributed by atoms with Gasteiger partial charge in [0.2, 0.25) is 0 Å². The fourth-order valence-corrected chi connectivity index (χ4v) is 23.7. The minimum atomic E-state index is -1.44. The van der Waals surface area contributed by atoms with E-state index in [1.807, 2.05) is 188 Å². The first-order valence-corrected chi connectivity index (χ1v) is 50.3. The Morgan fingerprint density at radius 1 is 0.215 bits per heavy atom. The Kier molecular flexibility index (Phi) is 19.1. The highest BCUT2D eigenvalue weighted by Gasteiger charge is 2.52. The van der Waals surface area contributed by atoms with E-state index in [1.54, 1.807) is 0 Å². The van der Waals surface area contributed by atoms with Gasteiger partial charge in [0.25, 0.3) is 0 Å². The lowest BCUT2D eigenvalue weighted by Gasteiger charge is -2.21. The van der Waals surface area contributed by atoms with Crippen molar-refractivity contribution < 1.29 is 13.3 Å². The van der Waals surface area contributed by atoms with Crippen molar-refractivity contribution in [1.82, 2.24) is 43.6 Å². The van der Waals surface area contributed by atoms with E-state index in [2.05, 4.69) is 307 Å². The van der Waals surface area contributed by atoms with Gasteiger partial charge >= 0.3 is 5.54 Å². The van der Waals surface area contributed by atoms with Gasteiger partial charge in [0.05, 0.1) is 44.2 Å². The summed E-state index contributed by atoms with van der Waals surface area (Å²) < 4.78 is 25.9. The molecule has 3 aliphatic rings. The number of hydrogen-bond acceptors (Lipinski definition) is 10. The zero-order valence-corrected chi connectivity index (χ0v) is 81.3. The van der Waals surface area contributed by atoms with Crippen molar-refractivity contribution in [2.75, 3.05) is 0 Å². The van der Waals surface area contributed by atoms with E-state index in [0.717, 1.165) is 171 Å². The van der Waals surface area contributed by atoms with E-state index >= 15 is 0 Å². The molecule has 149 heavy (non-hydrogen) atoms. The molecule has 20 aromatic carbocycles. The number of nitriles is 1. The third kappa shape index (κ3) is 13.4. The van der Waals surface area contributed by atoms with Gasteiger partial charge in [-0.15, -0.1) is 0 Å². The first kappa shape index (κ1) is 85.9. The average molecular weight is 1910 g/mol. The molecule has 698 valence electrons. The average Bonchev–Trinajstić information content (AvgIpc) is 1.59. The van der Waals surface area contributed by atoms with E-state index in [1.165, 1.54) is 77.2 Å². The number of para-hydroxylation sites is 7. The summed E-state index contributed by atoms with van der Waals surface area (Å²) in [6, 6.07) is 157. The van der Waals surface area contributed by atoms with Gasteiger partial charge in [-0.05, 0) is 231 Å². The van der Waals surface area contributed by atoms with E-state index in [4.69, 9.17) is 49.7 Å². The van der Waals surface area contributed by atoms with Crippen LogP contribution in [-0.4, -0.2) is 43.6 Å². The van der Waals surface area contributed by atoms with Crippen LogP contribution >= 0.6 is 0 Å². The molecule has 0 spiro atoms. The van der Waals surface area contributed by atoms with E-state index < -0.39 is 5.54 Å². The van der Waals surface area contributed by atoms with Crippen LogP contribution in [0.15, 0.2) is 456 Å². The molecular weight excluding hydrogens is 1820 g/mol. The number of fused-ring (bicyclic) bond motifs is 27. The zero-order chi connectivity index (χ0) is 99.2. The topological polar surface area (TPSA) is 160 Å². The molecule has 0 radical (unpaired) electrons. The summed E-state index contributed by atoms with van der Waals surface area (Å²) in [7, 11) is 0. The molecule has 0 aliphatic heterocycles. The SMILES string of the molecule is CC1(C)c2cc3oc4ccccc4c3cc2-c2cc3c4cc(-c5ccc(-c6nc(-c7ccccc7)nc(-c7ccccc7)n6)cc5)ccc4n(-c4ccccc4)c3cc21.CC1(C)c2cc3oc4ccccc4c3cc2-c2cc3c4cc(-c5nc(-c6ccccc6)nc(-c6ccccc6)n5)ccc4n(-c4ccccc4)c3cc21.[C-]#[N+]C1(C#N)c2cc3oc4ccccc4c3cc2-c2cc3c4ccccc4n(-c4ccccc4)c3cc21. The largest absolute Gasteiger partial charge is 0.456 e. The maximum absolute atomic E-state index is 10.5. The van der Waals surface area contributed by atoms with Gasteiger partial charge in [0.1, 0.15) is 33.5 Å². The molecule has 8 heterocycles. The lowest BCUT2D eigenvalue weighted by atomic mass is 9.82. The molecule has 28 aromatic rings. The fraction of sp³-hybridized carbons (Fsp3) is 0.0519. The number of rotatable bonds is 10. The third-order valence-electron chi connectivity index (χ3n) is 31.0. The van der Waals surface area contributed by atoms with Crippen LogP contribution in [0.5, 0.6) is 0 Å². The Balaban J connectivity index is 0.000000108. The van der Waals surface area contributed by atoms with Gasteiger partial charge in [-0.1, -0.05) is 307 Å². The fourth-order valence-electron chi connectivity index (χ4n) is 23.7. The Morgan fingerprint density at radius 3 is 0.832 bits per heavy atom. The smallest absolute Gasteiger partial charge is 0.367 e. The summed E-state index contributed by atoms with van der Waals surface area (Å²) in [4.78, 5) is 33.9. The number of furan rings is 3. The van der Waals surface area contributed by atoms with Crippen LogP contribution in [0.25, 0.3) is 266 Å². The molecule has 31 rings (SSSR count). The van der Waals surface area contributed by atoms with Gasteiger partial charge in [0, 0.05) is 126 Å². The first-order chi connectivity index (χ1) is 73.2. The van der Waals surface area contributed by atoms with Crippen LogP contribution in [0.3, 0.4) is 0 Å². The Hall–Kier alpha value is -19.8. The van der Waals surface area contributed by atoms with E-state index in [-0.39, 0.29) is 10.8 Å². The molecule has 0 bridgehead atoms. The summed E-state index contributed by atoms with van der Waals surface area (Å²) in [6.45, 7) is 17.6. The molecule has 1 unspecified atom stereocenters. The van der Waals surface area contributed by atoms with Crippen LogP contribution in [0.1, 0.15) is 61.1 Å². The van der Waals surface area contributed by atoms with Gasteiger partial charge < -0.3 is 27.0 Å². The van der Waals surface area contributed by atoms with Crippen molar-refractivity contribution in [2.24, 2.45) is 0 Å². The van der Waals surface area contributed by atoms with Gasteiger partial charge in [0.15, 0.2) is 41.0 Å². The quantitative estimate of drug-likeness (QED) is 0.121. The van der Waals surface area contributed by atoms with Gasteiger partial charge in [-0.25, -0.2) is 36.5 Å². The van der Waals surface area contributed by atoms with Crippen LogP contribution in [0.2, 0.25) is 0 Å². The summed E-state index contributed by atoms with van der Waals surface area (Å²) in [5.74, 6) is 3.88. The molecule has 0 N–H and O–H groups in total. The number of nitrogens with zero attached hydrogens (tertiary/aromatic N) is 11. The molecule has 14 nitrogen and oxygen atoms in total. The van der Waals surface area contributed by atoms with Gasteiger partial charge in [-0.3, -0.25) is 4.85 Å². The maximum Gasteiger partial charge on any atom is 0.367 e. The van der Waals surface area contributed by atoms with Crippen molar-refractivity contribution in [1.29, 1.82) is 5.26 Å². The second kappa shape index (κ2) is 33.1. The molecule has 0 fully saturated rings. The number of hydrogen-bond donors (Lipinski definition) is 0. The van der Waals surface area contributed by atoms with Crippen LogP contribution < -0.4 is 0 Å². The predicted molar refractivity (Wildman–Crippen MR) is 603 cm³/mol. The number of benzene rings is 20. The molecule has 0 saturated heterocycles. The zero-order valence-electron chi connectivity index (χ0n) is 81.3. The molecule has 3 aliphatic carbocycles. The van der Waals surface area contributed by atoms with Crippen LogP contribution in [0, 0.1) is 17.9 Å². The lowest BCUT2D eigenvalue weighted by Crippen LogP contribution is -2.17. The Morgan fingerprint density at radius 2 is 0.463 bits per heavy atom. The van der Waals surface area contributed by atoms with Crippen molar-refractivity contribution in [2.45, 2.75) is 44.1 Å². The highest BCUT2D eigenvalue weighted by molar-refractivity contribution is 6.18. The monoisotopic (exact) mass is 1910 g/mol. The van der Waals surface area contributed by atoms with Crippen molar-refractivity contribution in [3.05, 3.63) is 488 Å². The molecule has 8 aromatic heterocycles. The van der Waals surface area contributed by atoms with Crippen molar-refractivity contribution in [3.8, 4) is 136 Å². The minimum absolute atomic E-state index is 0.209. The normalized spacial score (nSPS) is 13.9. The lowest BCUT2D eigenvalue weighted by molar-refractivity contribution is 0.647. The van der Waals surface area contributed by atoms with Gasteiger partial charge in [-0.2, -0.15) is 5.26 Å². The highest BCUT2D eigenvalue weighted by Crippen LogP contribution is 2.58. The third-order valence-corrected chi connectivity index (χ3v) is 31.0. The van der Waals surface area contributed by atoms with Crippen molar-refractivity contribution in [3.63, 3.8) is 0 Å². The summed E-state index contributed by atoms with van der Waals surface area (Å²) in [6.07, 6.45) is 0. The second-order valence-corrected chi connectivity index (χ2v) is 40.1. The summed E-state index contributed by atoms with van der Waals surface area (Å²) in [5.41, 5.74) is 34.9. The summed E-state index contributed by atoms with van der Waals surface area (Å²) >= 11 is 0. The van der Waals surface area contributed by atoms with Crippen molar-refractivity contribution >= 4 is 131 Å². The molecular formula is C135H85N11O3. The van der Waals surface area contributed by atoms with E-state index in [0.29, 0.717) is 46.1 Å². The van der Waals surface area contributed by atoms with Crippen LogP contribution in [-0.2, 0) is 16.4 Å². The summed E-state index contributed by atoms with van der Waals surface area (Å²) in [5, 5.41) is 24.2. The Labute approximate surface area is 855 Å². The molecule has 0 amide bonds. The second-order valence-electron chi connectivity index (χ2n) is 40.1. The minimum Gasteiger partial charge on any atom is -0.456 e. The number of aromatic nitrogens is 9. The molecule has 1 atom stereocenters. The maximum atomic E-state index is 10.5. The van der Waals surface area contributed by atoms with E-state index in [9.17, 15) is 5.26 Å². The Bertz CT molecular complexity index is 10400. The van der Waals surface area contributed by atoms with Crippen LogP contribution in [0.4, 0.5) is 0 Å². The highest BCUT2D eigenvalue weighted by atomic mass is 16.3. The molecule has 0 saturated carbocycles. The predicted octanol–water partition coefficient (Wildman–Crippen LogP) is 34.4. The first-order valence-electron chi connectivity index (χ1n) is 50.3. The molecule has 14 heteroatoms. The standard InChI is InChI=1S/C54H36N4O.C48H32N4O.C33H17N3O/c1-54(2)45-31-48-43(29-40(45)41-30-44-39-20-12-13-21-49(39)59-50(44)32-46(41)54)42-28-37(26-27-47(42)58(48)38-18-10-5-11-19-38)33-22-24-36(25-23-33)53-56-51(34-14-6-3-7-15-34)55-52(57-53)35-16-8-4-9-17-35;1-48(2)39-27-42-37(25-34(39)35-26-38-33-20-12-13-21-43(33)53-44(38)28-40(35)48)36-24-31(22-23-41(36)52(42)32-18-10-5-11-19-32)47-50-45(29-14-6-3-7-15-29)49-46(51-47)30-16-8-4-9-17-30;1-35-33(19-34)27-17-30-25(21-11-5-7-13-29(21)36(30)20-9-3-2-4-10-20)15-23(27)24-16-26-22-12-6-8-14-31(22)37-32(26)18-28(24)33/h3-32H,1-2H3;3-28H,1-2H3;2-18H.